The van der Waals surface area contributed by atoms with Crippen molar-refractivity contribution >= 4 is 15.9 Å². The van der Waals surface area contributed by atoms with Gasteiger partial charge < -0.3 is 10.1 Å². The third-order valence-electron chi connectivity index (χ3n) is 3.46. The summed E-state index contributed by atoms with van der Waals surface area (Å²) in [4.78, 5) is 12.0. The third kappa shape index (κ3) is 6.26. The molecule has 0 saturated heterocycles. The number of sulfonamides is 1. The van der Waals surface area contributed by atoms with Crippen molar-refractivity contribution in [2.24, 2.45) is 0 Å². The second kappa shape index (κ2) is 8.40. The summed E-state index contributed by atoms with van der Waals surface area (Å²) < 4.78 is 65.6. The van der Waals surface area contributed by atoms with Crippen LogP contribution < -0.4 is 10.1 Å². The van der Waals surface area contributed by atoms with Gasteiger partial charge in [-0.1, -0.05) is 30.3 Å². The molecular formula is C17H17F3N2O4S. The van der Waals surface area contributed by atoms with E-state index in [1.54, 1.807) is 18.2 Å². The standard InChI is InChI=1S/C17H17F3N2O4S/c1-22(27(24,25)15-5-3-2-4-6-15)12-16(23)21-11-13-7-9-14(10-8-13)26-17(18,19)20/h2-10H,11-12H2,1H3,(H,21,23). The predicted octanol–water partition coefficient (Wildman–Crippen LogP) is 2.52. The van der Waals surface area contributed by atoms with Crippen LogP contribution in [0.15, 0.2) is 59.5 Å². The van der Waals surface area contributed by atoms with Gasteiger partial charge in [0.1, 0.15) is 5.75 Å². The zero-order valence-electron chi connectivity index (χ0n) is 14.2. The van der Waals surface area contributed by atoms with Crippen molar-refractivity contribution in [3.63, 3.8) is 0 Å². The number of hydrogen-bond donors (Lipinski definition) is 1. The number of rotatable bonds is 7. The average molecular weight is 402 g/mol. The highest BCUT2D eigenvalue weighted by molar-refractivity contribution is 7.89. The minimum Gasteiger partial charge on any atom is -0.406 e. The van der Waals surface area contributed by atoms with Crippen LogP contribution in [-0.4, -0.2) is 38.6 Å². The van der Waals surface area contributed by atoms with Crippen molar-refractivity contribution in [1.29, 1.82) is 0 Å². The fourth-order valence-corrected chi connectivity index (χ4v) is 3.27. The van der Waals surface area contributed by atoms with Crippen LogP contribution in [-0.2, 0) is 21.4 Å². The number of alkyl halides is 3. The molecule has 6 nitrogen and oxygen atoms in total. The van der Waals surface area contributed by atoms with Crippen LogP contribution in [0.2, 0.25) is 0 Å². The summed E-state index contributed by atoms with van der Waals surface area (Å²) in [5.74, 6) is -0.918. The van der Waals surface area contributed by atoms with E-state index in [0.717, 1.165) is 16.4 Å². The average Bonchev–Trinajstić information content (AvgIpc) is 2.60. The molecule has 0 aliphatic heterocycles. The number of hydrogen-bond acceptors (Lipinski definition) is 4. The van der Waals surface area contributed by atoms with Gasteiger partial charge in [0.15, 0.2) is 0 Å². The van der Waals surface area contributed by atoms with E-state index in [9.17, 15) is 26.4 Å². The van der Waals surface area contributed by atoms with Gasteiger partial charge >= 0.3 is 6.36 Å². The first-order valence-corrected chi connectivity index (χ1v) is 9.15. The maximum absolute atomic E-state index is 12.3. The SMILES string of the molecule is CN(CC(=O)NCc1ccc(OC(F)(F)F)cc1)S(=O)(=O)c1ccccc1. The monoisotopic (exact) mass is 402 g/mol. The summed E-state index contributed by atoms with van der Waals surface area (Å²) in [6.07, 6.45) is -4.77. The van der Waals surface area contributed by atoms with Gasteiger partial charge in [-0.2, -0.15) is 4.31 Å². The van der Waals surface area contributed by atoms with E-state index in [1.165, 1.54) is 31.3 Å². The lowest BCUT2D eigenvalue weighted by atomic mass is 10.2. The zero-order chi connectivity index (χ0) is 20.1. The molecule has 1 N–H and O–H groups in total. The Morgan fingerprint density at radius 1 is 1.07 bits per heavy atom. The molecule has 2 aromatic carbocycles. The number of carbonyl (C=O) groups is 1. The molecule has 0 bridgehead atoms. The van der Waals surface area contributed by atoms with Crippen LogP contribution in [0.3, 0.4) is 0 Å². The molecule has 0 aromatic heterocycles. The second-order valence-electron chi connectivity index (χ2n) is 5.54. The normalized spacial score (nSPS) is 12.0. The van der Waals surface area contributed by atoms with E-state index in [1.807, 2.05) is 0 Å². The van der Waals surface area contributed by atoms with Crippen LogP contribution in [0.1, 0.15) is 5.56 Å². The summed E-state index contributed by atoms with van der Waals surface area (Å²) in [7, 11) is -2.51. The summed E-state index contributed by atoms with van der Waals surface area (Å²) >= 11 is 0. The third-order valence-corrected chi connectivity index (χ3v) is 5.28. The number of ether oxygens (including phenoxy) is 1. The highest BCUT2D eigenvalue weighted by Crippen LogP contribution is 2.22. The Labute approximate surface area is 154 Å². The van der Waals surface area contributed by atoms with E-state index in [-0.39, 0.29) is 17.2 Å². The van der Waals surface area contributed by atoms with E-state index < -0.39 is 28.8 Å². The van der Waals surface area contributed by atoms with Crippen LogP contribution in [0.4, 0.5) is 13.2 Å². The molecule has 0 heterocycles. The molecule has 146 valence electrons. The number of nitrogens with one attached hydrogen (secondary N) is 1. The predicted molar refractivity (Wildman–Crippen MR) is 91.2 cm³/mol. The Morgan fingerprint density at radius 3 is 2.22 bits per heavy atom. The van der Waals surface area contributed by atoms with Crippen molar-refractivity contribution in [2.75, 3.05) is 13.6 Å². The highest BCUT2D eigenvalue weighted by Gasteiger charge is 2.31. The summed E-state index contributed by atoms with van der Waals surface area (Å²) in [5, 5.41) is 2.51. The smallest absolute Gasteiger partial charge is 0.406 e. The number of nitrogens with zero attached hydrogens (tertiary/aromatic N) is 1. The Hall–Kier alpha value is -2.59. The van der Waals surface area contributed by atoms with Crippen LogP contribution in [0, 0.1) is 0 Å². The summed E-state index contributed by atoms with van der Waals surface area (Å²) in [6, 6.07) is 12.7. The molecule has 0 saturated carbocycles. The Bertz CT molecular complexity index is 869. The van der Waals surface area contributed by atoms with Gasteiger partial charge in [-0.25, -0.2) is 8.42 Å². The first kappa shape index (κ1) is 20.7. The number of likely N-dealkylation sites (N-methyl/N-ethyl adjacent to an activating group) is 1. The van der Waals surface area contributed by atoms with Crippen molar-refractivity contribution < 1.29 is 31.1 Å². The molecule has 0 unspecified atom stereocenters. The van der Waals surface area contributed by atoms with Gasteiger partial charge in [0.25, 0.3) is 0 Å². The fraction of sp³-hybridized carbons (Fsp3) is 0.235. The van der Waals surface area contributed by atoms with Gasteiger partial charge in [0.2, 0.25) is 15.9 Å². The van der Waals surface area contributed by atoms with Crippen molar-refractivity contribution in [3.05, 3.63) is 60.2 Å². The molecule has 0 atom stereocenters. The molecule has 0 spiro atoms. The van der Waals surface area contributed by atoms with Crippen LogP contribution >= 0.6 is 0 Å². The van der Waals surface area contributed by atoms with Crippen molar-refractivity contribution in [3.8, 4) is 5.75 Å². The summed E-state index contributed by atoms with van der Waals surface area (Å²) in [5.41, 5.74) is 0.534. The largest absolute Gasteiger partial charge is 0.573 e. The minimum atomic E-state index is -4.77. The van der Waals surface area contributed by atoms with E-state index >= 15 is 0 Å². The lowest BCUT2D eigenvalue weighted by Gasteiger charge is -2.17. The topological polar surface area (TPSA) is 75.7 Å². The van der Waals surface area contributed by atoms with E-state index in [0.29, 0.717) is 5.56 Å². The van der Waals surface area contributed by atoms with Crippen LogP contribution in [0.5, 0.6) is 5.75 Å². The molecule has 0 radical (unpaired) electrons. The number of benzene rings is 2. The number of halogens is 3. The molecule has 1 amide bonds. The Balaban J connectivity index is 1.89. The Kier molecular flexibility index (Phi) is 6.45. The van der Waals surface area contributed by atoms with Crippen molar-refractivity contribution in [2.45, 2.75) is 17.8 Å². The van der Waals surface area contributed by atoms with Crippen molar-refractivity contribution in [1.82, 2.24) is 9.62 Å². The molecule has 0 fully saturated rings. The first-order chi connectivity index (χ1) is 12.6. The lowest BCUT2D eigenvalue weighted by molar-refractivity contribution is -0.274. The van der Waals surface area contributed by atoms with Gasteiger partial charge in [-0.3, -0.25) is 4.79 Å². The zero-order valence-corrected chi connectivity index (χ0v) is 15.0. The molecule has 2 aromatic rings. The second-order valence-corrected chi connectivity index (χ2v) is 7.59. The lowest BCUT2D eigenvalue weighted by Crippen LogP contribution is -2.38. The molecule has 0 aliphatic rings. The highest BCUT2D eigenvalue weighted by atomic mass is 32.2. The number of carbonyl (C=O) groups excluding carboxylic acids is 1. The molecular weight excluding hydrogens is 385 g/mol. The maximum atomic E-state index is 12.3. The minimum absolute atomic E-state index is 0.0321. The first-order valence-electron chi connectivity index (χ1n) is 7.71. The molecule has 2 rings (SSSR count). The molecule has 0 aliphatic carbocycles. The van der Waals surface area contributed by atoms with E-state index in [4.69, 9.17) is 0 Å². The van der Waals surface area contributed by atoms with Gasteiger partial charge in [0, 0.05) is 13.6 Å². The molecule has 10 heteroatoms. The fourth-order valence-electron chi connectivity index (χ4n) is 2.13. The quantitative estimate of drug-likeness (QED) is 0.772. The van der Waals surface area contributed by atoms with Gasteiger partial charge in [0.05, 0.1) is 11.4 Å². The molecule has 27 heavy (non-hydrogen) atoms. The van der Waals surface area contributed by atoms with Gasteiger partial charge in [-0.05, 0) is 29.8 Å². The maximum Gasteiger partial charge on any atom is 0.573 e. The van der Waals surface area contributed by atoms with Crippen LogP contribution in [0.25, 0.3) is 0 Å². The number of amides is 1. The summed E-state index contributed by atoms with van der Waals surface area (Å²) in [6.45, 7) is -0.364. The Morgan fingerprint density at radius 2 is 1.67 bits per heavy atom. The van der Waals surface area contributed by atoms with Gasteiger partial charge in [-0.15, -0.1) is 13.2 Å². The van der Waals surface area contributed by atoms with E-state index in [2.05, 4.69) is 10.1 Å².